The Balaban J connectivity index is 6.09. The van der Waals surface area contributed by atoms with Crippen LogP contribution < -0.4 is 0 Å². The molecule has 0 heterocycles. The van der Waals surface area contributed by atoms with Gasteiger partial charge in [-0.1, -0.05) is 13.8 Å². The van der Waals surface area contributed by atoms with Crippen molar-refractivity contribution in [3.63, 3.8) is 0 Å². The highest BCUT2D eigenvalue weighted by molar-refractivity contribution is 5.84. The predicted octanol–water partition coefficient (Wildman–Crippen LogP) is 4.67. The summed E-state index contributed by atoms with van der Waals surface area (Å²) >= 11 is 0. The van der Waals surface area contributed by atoms with Crippen LogP contribution in [0.2, 0.25) is 0 Å². The molecule has 0 aliphatic carbocycles. The molecule has 0 spiro atoms. The summed E-state index contributed by atoms with van der Waals surface area (Å²) in [5, 5.41) is 0. The summed E-state index contributed by atoms with van der Waals surface area (Å²) in [6.45, 7) is 1.38. The molecule has 0 rings (SSSR count). The Morgan fingerprint density at radius 2 is 1.15 bits per heavy atom. The third kappa shape index (κ3) is 4.68. The molecule has 26 heavy (non-hydrogen) atoms. The highest BCUT2D eigenvalue weighted by Gasteiger charge is 2.79. The third-order valence-corrected chi connectivity index (χ3v) is 2.90. The second-order valence-corrected chi connectivity index (χ2v) is 5.08. The van der Waals surface area contributed by atoms with Crippen molar-refractivity contribution in [3.8, 4) is 0 Å². The standard InChI is InChI=1S/C12H14F11NO2/c1-3-5-24(6-4-2)7(25)8(13,10(16,17)18)26-12(22,23)9(14,15)11(19,20)21/h3-6H2,1-2H3/t8-/m0/s1. The molecular weight excluding hydrogens is 399 g/mol. The lowest BCUT2D eigenvalue weighted by Gasteiger charge is -2.36. The number of alkyl halides is 11. The molecule has 156 valence electrons. The smallest absolute Gasteiger partial charge is 0.337 e. The molecule has 3 nitrogen and oxygen atoms in total. The van der Waals surface area contributed by atoms with Gasteiger partial charge in [0.05, 0.1) is 0 Å². The van der Waals surface area contributed by atoms with E-state index in [0.29, 0.717) is 0 Å². The van der Waals surface area contributed by atoms with E-state index in [1.165, 1.54) is 13.8 Å². The summed E-state index contributed by atoms with van der Waals surface area (Å²) in [6.07, 6.45) is -20.9. The Labute approximate surface area is 140 Å². The molecule has 0 aromatic heterocycles. The largest absolute Gasteiger partial charge is 0.462 e. The van der Waals surface area contributed by atoms with E-state index >= 15 is 0 Å². The number of ether oxygens (including phenoxy) is 1. The summed E-state index contributed by atoms with van der Waals surface area (Å²) in [4.78, 5) is 11.7. The highest BCUT2D eigenvalue weighted by Crippen LogP contribution is 2.51. The Hall–Kier alpha value is -1.34. The van der Waals surface area contributed by atoms with Crippen LogP contribution in [0.3, 0.4) is 0 Å². The first-order chi connectivity index (χ1) is 11.4. The lowest BCUT2D eigenvalue weighted by molar-refractivity contribution is -0.473. The zero-order valence-electron chi connectivity index (χ0n) is 13.2. The van der Waals surface area contributed by atoms with E-state index in [4.69, 9.17) is 0 Å². The van der Waals surface area contributed by atoms with Gasteiger partial charge in [0.25, 0.3) is 5.91 Å². The van der Waals surface area contributed by atoms with Crippen LogP contribution >= 0.6 is 0 Å². The molecule has 0 N–H and O–H groups in total. The van der Waals surface area contributed by atoms with Gasteiger partial charge in [0.2, 0.25) is 0 Å². The normalized spacial score (nSPS) is 16.3. The molecule has 0 unspecified atom stereocenters. The average Bonchev–Trinajstić information content (AvgIpc) is 2.43. The lowest BCUT2D eigenvalue weighted by atomic mass is 10.2. The molecule has 0 fully saturated rings. The fourth-order valence-electron chi connectivity index (χ4n) is 1.69. The van der Waals surface area contributed by atoms with Gasteiger partial charge in [-0.2, -0.15) is 48.3 Å². The number of halogens is 11. The van der Waals surface area contributed by atoms with E-state index < -0.39 is 49.2 Å². The molecule has 14 heteroatoms. The molecule has 1 atom stereocenters. The van der Waals surface area contributed by atoms with E-state index in [2.05, 4.69) is 4.74 Å². The van der Waals surface area contributed by atoms with E-state index in [-0.39, 0.29) is 17.7 Å². The number of hydrogen-bond acceptors (Lipinski definition) is 2. The SMILES string of the molecule is CCCN(CCC)C(=O)[C@](F)(OC(F)(F)C(F)(F)C(F)(F)F)C(F)(F)F. The first kappa shape index (κ1) is 24.7. The Morgan fingerprint density at radius 3 is 1.42 bits per heavy atom. The van der Waals surface area contributed by atoms with Crippen molar-refractivity contribution >= 4 is 5.91 Å². The molecule has 0 saturated heterocycles. The van der Waals surface area contributed by atoms with Crippen molar-refractivity contribution < 1.29 is 57.8 Å². The molecule has 0 radical (unpaired) electrons. The second kappa shape index (κ2) is 7.72. The summed E-state index contributed by atoms with van der Waals surface area (Å²) in [7, 11) is 0. The van der Waals surface area contributed by atoms with Gasteiger partial charge in [0, 0.05) is 13.1 Å². The number of amides is 1. The lowest BCUT2D eigenvalue weighted by Crippen LogP contribution is -2.64. The monoisotopic (exact) mass is 413 g/mol. The molecular formula is C12H14F11NO2. The minimum atomic E-state index is -7.19. The van der Waals surface area contributed by atoms with Crippen molar-refractivity contribution in [1.29, 1.82) is 0 Å². The summed E-state index contributed by atoms with van der Waals surface area (Å²) < 4.78 is 142. The van der Waals surface area contributed by atoms with Gasteiger partial charge >= 0.3 is 30.2 Å². The Bertz CT molecular complexity index is 483. The van der Waals surface area contributed by atoms with Gasteiger partial charge < -0.3 is 4.90 Å². The maximum Gasteiger partial charge on any atom is 0.462 e. The highest BCUT2D eigenvalue weighted by atomic mass is 19.4. The number of rotatable bonds is 8. The van der Waals surface area contributed by atoms with Crippen LogP contribution in [0.5, 0.6) is 0 Å². The second-order valence-electron chi connectivity index (χ2n) is 5.08. The number of carbonyl (C=O) groups excluding carboxylic acids is 1. The molecule has 0 aliphatic heterocycles. The van der Waals surface area contributed by atoms with Gasteiger partial charge in [0.1, 0.15) is 0 Å². The molecule has 0 aliphatic rings. The molecule has 0 bridgehead atoms. The van der Waals surface area contributed by atoms with Crippen molar-refractivity contribution in [1.82, 2.24) is 4.90 Å². The van der Waals surface area contributed by atoms with Crippen LogP contribution in [0.15, 0.2) is 0 Å². The minimum Gasteiger partial charge on any atom is -0.337 e. The van der Waals surface area contributed by atoms with Crippen molar-refractivity contribution in [2.75, 3.05) is 13.1 Å². The first-order valence-corrected chi connectivity index (χ1v) is 6.96. The fourth-order valence-corrected chi connectivity index (χ4v) is 1.69. The maximum absolute atomic E-state index is 14.1. The molecule has 1 amide bonds. The van der Waals surface area contributed by atoms with Gasteiger partial charge in [0.15, 0.2) is 0 Å². The van der Waals surface area contributed by atoms with Crippen LogP contribution in [0.4, 0.5) is 48.3 Å². The van der Waals surface area contributed by atoms with E-state index in [1.807, 2.05) is 0 Å². The fraction of sp³-hybridized carbons (Fsp3) is 0.917. The van der Waals surface area contributed by atoms with Crippen molar-refractivity contribution in [2.24, 2.45) is 0 Å². The quantitative estimate of drug-likeness (QED) is 0.542. The third-order valence-electron chi connectivity index (χ3n) is 2.90. The van der Waals surface area contributed by atoms with Crippen LogP contribution in [0, 0.1) is 0 Å². The summed E-state index contributed by atoms with van der Waals surface area (Å²) in [6, 6.07) is 0. The van der Waals surface area contributed by atoms with E-state index in [9.17, 15) is 53.1 Å². The Kier molecular flexibility index (Phi) is 7.33. The topological polar surface area (TPSA) is 29.5 Å². The zero-order chi connectivity index (χ0) is 21.2. The molecule has 0 aromatic rings. The maximum atomic E-state index is 14.1. The van der Waals surface area contributed by atoms with Crippen molar-refractivity contribution in [2.45, 2.75) is 56.9 Å². The predicted molar refractivity (Wildman–Crippen MR) is 64.1 cm³/mol. The van der Waals surface area contributed by atoms with Gasteiger partial charge in [-0.05, 0) is 12.8 Å². The number of hydrogen-bond donors (Lipinski definition) is 0. The van der Waals surface area contributed by atoms with E-state index in [1.54, 1.807) is 0 Å². The van der Waals surface area contributed by atoms with Gasteiger partial charge in [-0.3, -0.25) is 9.53 Å². The van der Waals surface area contributed by atoms with E-state index in [0.717, 1.165) is 0 Å². The molecule has 0 aromatic carbocycles. The zero-order valence-corrected chi connectivity index (χ0v) is 13.2. The number of nitrogens with zero attached hydrogens (tertiary/aromatic N) is 1. The molecule has 0 saturated carbocycles. The number of carbonyl (C=O) groups is 1. The van der Waals surface area contributed by atoms with Crippen LogP contribution in [-0.4, -0.2) is 54.1 Å². The van der Waals surface area contributed by atoms with Crippen molar-refractivity contribution in [3.05, 3.63) is 0 Å². The average molecular weight is 413 g/mol. The Morgan fingerprint density at radius 1 is 0.769 bits per heavy atom. The summed E-state index contributed by atoms with van der Waals surface area (Å²) in [5.41, 5.74) is 0. The van der Waals surface area contributed by atoms with Gasteiger partial charge in [-0.25, -0.2) is 0 Å². The van der Waals surface area contributed by atoms with Gasteiger partial charge in [-0.15, -0.1) is 0 Å². The van der Waals surface area contributed by atoms with Crippen LogP contribution in [0.1, 0.15) is 26.7 Å². The minimum absolute atomic E-state index is 0.0370. The van der Waals surface area contributed by atoms with Crippen LogP contribution in [0.25, 0.3) is 0 Å². The summed E-state index contributed by atoms with van der Waals surface area (Å²) in [5.74, 6) is -16.2. The first-order valence-electron chi connectivity index (χ1n) is 6.96. The van der Waals surface area contributed by atoms with Crippen LogP contribution in [-0.2, 0) is 9.53 Å².